The third kappa shape index (κ3) is 4.81. The minimum Gasteiger partial charge on any atom is -0.351 e. The van der Waals surface area contributed by atoms with Crippen LogP contribution in [0, 0.1) is 0 Å². The second-order valence-electron chi connectivity index (χ2n) is 6.86. The summed E-state index contributed by atoms with van der Waals surface area (Å²) >= 11 is 0. The van der Waals surface area contributed by atoms with Crippen molar-refractivity contribution >= 4 is 11.8 Å². The van der Waals surface area contributed by atoms with Gasteiger partial charge in [0.1, 0.15) is 0 Å². The fourth-order valence-corrected chi connectivity index (χ4v) is 3.63. The third-order valence-electron chi connectivity index (χ3n) is 4.94. The fraction of sp³-hybridized carbons (Fsp3) is 0.579. The first kappa shape index (κ1) is 17.0. The molecule has 0 bridgehead atoms. The molecule has 2 fully saturated rings. The molecule has 0 aliphatic carbocycles. The molecule has 3 rings (SSSR count). The normalized spacial score (nSPS) is 21.9. The molecule has 2 aliphatic heterocycles. The molecule has 0 aromatic heterocycles. The number of piperidine rings is 1. The molecular formula is C19H27N3O2. The van der Waals surface area contributed by atoms with E-state index in [1.165, 1.54) is 5.56 Å². The van der Waals surface area contributed by atoms with Crippen molar-refractivity contribution in [3.05, 3.63) is 35.9 Å². The van der Waals surface area contributed by atoms with E-state index in [2.05, 4.69) is 34.5 Å². The predicted molar refractivity (Wildman–Crippen MR) is 93.6 cm³/mol. The highest BCUT2D eigenvalue weighted by molar-refractivity contribution is 5.85. The Bertz CT molecular complexity index is 561. The van der Waals surface area contributed by atoms with Crippen molar-refractivity contribution < 1.29 is 9.59 Å². The SMILES string of the molecule is O=C(CN1CCCC1=O)NC1CCCN(CCc2ccccc2)C1. The van der Waals surface area contributed by atoms with E-state index >= 15 is 0 Å². The van der Waals surface area contributed by atoms with Crippen LogP contribution in [0.5, 0.6) is 0 Å². The predicted octanol–water partition coefficient (Wildman–Crippen LogP) is 1.43. The van der Waals surface area contributed by atoms with Crippen LogP contribution in [-0.2, 0) is 16.0 Å². The zero-order valence-corrected chi connectivity index (χ0v) is 14.2. The Morgan fingerprint density at radius 2 is 2.00 bits per heavy atom. The van der Waals surface area contributed by atoms with Gasteiger partial charge in [-0.2, -0.15) is 0 Å². The summed E-state index contributed by atoms with van der Waals surface area (Å²) in [5, 5.41) is 3.12. The molecule has 2 saturated heterocycles. The fourth-order valence-electron chi connectivity index (χ4n) is 3.63. The van der Waals surface area contributed by atoms with Crippen LogP contribution in [0.3, 0.4) is 0 Å². The van der Waals surface area contributed by atoms with Crippen molar-refractivity contribution in [1.29, 1.82) is 0 Å². The molecule has 5 heteroatoms. The summed E-state index contributed by atoms with van der Waals surface area (Å²) in [5.41, 5.74) is 1.36. The van der Waals surface area contributed by atoms with Gasteiger partial charge in [0, 0.05) is 32.1 Å². The molecule has 1 unspecified atom stereocenters. The van der Waals surface area contributed by atoms with Gasteiger partial charge in [0.15, 0.2) is 0 Å². The summed E-state index contributed by atoms with van der Waals surface area (Å²) in [6.07, 6.45) is 4.65. The van der Waals surface area contributed by atoms with Gasteiger partial charge in [0.25, 0.3) is 0 Å². The number of benzene rings is 1. The van der Waals surface area contributed by atoms with Gasteiger partial charge in [-0.1, -0.05) is 30.3 Å². The molecule has 0 radical (unpaired) electrons. The minimum absolute atomic E-state index is 0.0137. The Kier molecular flexibility index (Phi) is 5.86. The molecule has 24 heavy (non-hydrogen) atoms. The molecule has 130 valence electrons. The highest BCUT2D eigenvalue weighted by Crippen LogP contribution is 2.12. The smallest absolute Gasteiger partial charge is 0.239 e. The highest BCUT2D eigenvalue weighted by Gasteiger charge is 2.25. The van der Waals surface area contributed by atoms with Crippen molar-refractivity contribution in [2.45, 2.75) is 38.1 Å². The van der Waals surface area contributed by atoms with Gasteiger partial charge in [-0.3, -0.25) is 9.59 Å². The van der Waals surface area contributed by atoms with Crippen molar-refractivity contribution in [2.75, 3.05) is 32.7 Å². The topological polar surface area (TPSA) is 52.7 Å². The van der Waals surface area contributed by atoms with E-state index in [1.807, 2.05) is 6.07 Å². The van der Waals surface area contributed by atoms with E-state index in [0.29, 0.717) is 6.42 Å². The zero-order chi connectivity index (χ0) is 16.8. The Labute approximate surface area is 144 Å². The number of amides is 2. The molecule has 1 N–H and O–H groups in total. The number of carbonyl (C=O) groups excluding carboxylic acids is 2. The van der Waals surface area contributed by atoms with Crippen LogP contribution in [0.4, 0.5) is 0 Å². The van der Waals surface area contributed by atoms with E-state index in [9.17, 15) is 9.59 Å². The number of nitrogens with one attached hydrogen (secondary N) is 1. The van der Waals surface area contributed by atoms with Gasteiger partial charge in [0.05, 0.1) is 6.54 Å². The zero-order valence-electron chi connectivity index (χ0n) is 14.2. The van der Waals surface area contributed by atoms with Gasteiger partial charge < -0.3 is 15.1 Å². The van der Waals surface area contributed by atoms with Crippen molar-refractivity contribution in [3.63, 3.8) is 0 Å². The summed E-state index contributed by atoms with van der Waals surface area (Å²) in [7, 11) is 0. The monoisotopic (exact) mass is 329 g/mol. The number of likely N-dealkylation sites (tertiary alicyclic amines) is 2. The van der Waals surface area contributed by atoms with Crippen molar-refractivity contribution in [1.82, 2.24) is 15.1 Å². The Hall–Kier alpha value is -1.88. The maximum atomic E-state index is 12.2. The third-order valence-corrected chi connectivity index (χ3v) is 4.94. The average Bonchev–Trinajstić information content (AvgIpc) is 2.99. The number of rotatable bonds is 6. The van der Waals surface area contributed by atoms with E-state index in [0.717, 1.165) is 51.9 Å². The van der Waals surface area contributed by atoms with Gasteiger partial charge in [-0.15, -0.1) is 0 Å². The minimum atomic E-state index is -0.0137. The van der Waals surface area contributed by atoms with Crippen LogP contribution in [-0.4, -0.2) is 60.4 Å². The molecule has 0 spiro atoms. The Morgan fingerprint density at radius 1 is 1.17 bits per heavy atom. The van der Waals surface area contributed by atoms with Crippen LogP contribution >= 0.6 is 0 Å². The lowest BCUT2D eigenvalue weighted by Crippen LogP contribution is -2.50. The number of carbonyl (C=O) groups is 2. The lowest BCUT2D eigenvalue weighted by Gasteiger charge is -2.33. The lowest BCUT2D eigenvalue weighted by molar-refractivity contribution is -0.133. The second-order valence-corrected chi connectivity index (χ2v) is 6.86. The standard InChI is InChI=1S/C19H27N3O2/c23-18(15-22-12-5-9-19(22)24)20-17-8-4-11-21(14-17)13-10-16-6-2-1-3-7-16/h1-3,6-7,17H,4-5,8-15H2,(H,20,23). The molecule has 2 amide bonds. The summed E-state index contributed by atoms with van der Waals surface area (Å²) < 4.78 is 0. The summed E-state index contributed by atoms with van der Waals surface area (Å²) in [5.74, 6) is 0.0958. The molecule has 2 heterocycles. The van der Waals surface area contributed by atoms with Gasteiger partial charge in [-0.25, -0.2) is 0 Å². The van der Waals surface area contributed by atoms with Crippen molar-refractivity contribution in [3.8, 4) is 0 Å². The summed E-state index contributed by atoms with van der Waals surface area (Å²) in [6.45, 7) is 3.98. The van der Waals surface area contributed by atoms with E-state index in [1.54, 1.807) is 4.90 Å². The first-order valence-corrected chi connectivity index (χ1v) is 9.04. The first-order valence-electron chi connectivity index (χ1n) is 9.04. The van der Waals surface area contributed by atoms with Gasteiger partial charge in [0.2, 0.25) is 11.8 Å². The quantitative estimate of drug-likeness (QED) is 0.859. The number of hydrogen-bond acceptors (Lipinski definition) is 3. The number of hydrogen-bond donors (Lipinski definition) is 1. The largest absolute Gasteiger partial charge is 0.351 e. The Balaban J connectivity index is 1.41. The van der Waals surface area contributed by atoms with Gasteiger partial charge >= 0.3 is 0 Å². The molecule has 0 saturated carbocycles. The molecular weight excluding hydrogens is 302 g/mol. The molecule has 1 aromatic carbocycles. The first-order chi connectivity index (χ1) is 11.7. The highest BCUT2D eigenvalue weighted by atomic mass is 16.2. The van der Waals surface area contributed by atoms with Crippen LogP contribution < -0.4 is 5.32 Å². The number of nitrogens with zero attached hydrogens (tertiary/aromatic N) is 2. The average molecular weight is 329 g/mol. The molecule has 1 atom stereocenters. The molecule has 5 nitrogen and oxygen atoms in total. The van der Waals surface area contributed by atoms with Gasteiger partial charge in [-0.05, 0) is 37.8 Å². The van der Waals surface area contributed by atoms with Crippen LogP contribution in [0.2, 0.25) is 0 Å². The van der Waals surface area contributed by atoms with Crippen molar-refractivity contribution in [2.24, 2.45) is 0 Å². The van der Waals surface area contributed by atoms with E-state index in [4.69, 9.17) is 0 Å². The molecule has 1 aromatic rings. The second kappa shape index (κ2) is 8.29. The maximum Gasteiger partial charge on any atom is 0.239 e. The lowest BCUT2D eigenvalue weighted by atomic mass is 10.0. The Morgan fingerprint density at radius 3 is 2.75 bits per heavy atom. The van der Waals surface area contributed by atoms with E-state index in [-0.39, 0.29) is 24.4 Å². The summed E-state index contributed by atoms with van der Waals surface area (Å²) in [6, 6.07) is 10.7. The van der Waals surface area contributed by atoms with Crippen LogP contribution in [0.25, 0.3) is 0 Å². The summed E-state index contributed by atoms with van der Waals surface area (Å²) in [4.78, 5) is 27.9. The van der Waals surface area contributed by atoms with E-state index < -0.39 is 0 Å². The molecule has 2 aliphatic rings. The van der Waals surface area contributed by atoms with Crippen LogP contribution in [0.1, 0.15) is 31.2 Å². The maximum absolute atomic E-state index is 12.2. The van der Waals surface area contributed by atoms with Crippen LogP contribution in [0.15, 0.2) is 30.3 Å².